The predicted molar refractivity (Wildman–Crippen MR) is 158 cm³/mol. The molecule has 0 aliphatic carbocycles. The van der Waals surface area contributed by atoms with Gasteiger partial charge in [-0.3, -0.25) is 9.80 Å². The quantitative estimate of drug-likeness (QED) is 0.377. The summed E-state index contributed by atoms with van der Waals surface area (Å²) in [5, 5.41) is 14.8. The van der Waals surface area contributed by atoms with Gasteiger partial charge in [0.05, 0.1) is 12.8 Å². The Morgan fingerprint density at radius 3 is 2.07 bits per heavy atom. The summed E-state index contributed by atoms with van der Waals surface area (Å²) in [7, 11) is 1.69. The van der Waals surface area contributed by atoms with Gasteiger partial charge in [-0.2, -0.15) is 0 Å². The fourth-order valence-electron chi connectivity index (χ4n) is 5.40. The first-order valence-electron chi connectivity index (χ1n) is 14.1. The van der Waals surface area contributed by atoms with Crippen LogP contribution in [-0.4, -0.2) is 84.4 Å². The third-order valence-corrected chi connectivity index (χ3v) is 7.64. The van der Waals surface area contributed by atoms with Crippen molar-refractivity contribution in [3.63, 3.8) is 0 Å². The molecule has 0 spiro atoms. The lowest BCUT2D eigenvalue weighted by Crippen LogP contribution is -2.53. The van der Waals surface area contributed by atoms with Crippen molar-refractivity contribution in [3.8, 4) is 11.5 Å². The van der Waals surface area contributed by atoms with E-state index in [1.807, 2.05) is 36.4 Å². The van der Waals surface area contributed by atoms with Gasteiger partial charge < -0.3 is 24.6 Å². The third-order valence-electron chi connectivity index (χ3n) is 7.64. The summed E-state index contributed by atoms with van der Waals surface area (Å²) in [6, 6.07) is 24.2. The second-order valence-electron chi connectivity index (χ2n) is 10.4. The number of anilines is 1. The minimum Gasteiger partial charge on any atom is -0.493 e. The van der Waals surface area contributed by atoms with E-state index in [1.54, 1.807) is 19.2 Å². The summed E-state index contributed by atoms with van der Waals surface area (Å²) in [4.78, 5) is 25.5. The monoisotopic (exact) mass is 579 g/mol. The number of para-hydroxylation sites is 1. The second-order valence-corrected chi connectivity index (χ2v) is 10.4. The zero-order chi connectivity index (χ0) is 29.9. The molecule has 2 fully saturated rings. The van der Waals surface area contributed by atoms with Crippen LogP contribution in [0, 0.1) is 5.82 Å². The van der Waals surface area contributed by atoms with E-state index in [-0.39, 0.29) is 5.82 Å². The summed E-state index contributed by atoms with van der Waals surface area (Å²) in [5.74, 6) is -2.21. The van der Waals surface area contributed by atoms with E-state index < -0.39 is 11.9 Å². The molecule has 2 saturated heterocycles. The highest BCUT2D eigenvalue weighted by atomic mass is 19.1. The van der Waals surface area contributed by atoms with Crippen LogP contribution in [-0.2, 0) is 22.7 Å². The Hall–Kier alpha value is -4.15. The highest BCUT2D eigenvalue weighted by molar-refractivity contribution is 6.27. The molecule has 2 aliphatic rings. The molecule has 0 radical (unpaired) electrons. The number of benzene rings is 3. The zero-order valence-corrected chi connectivity index (χ0v) is 23.8. The number of carboxylic acid groups (broad SMARTS) is 2. The number of hydrogen-bond donors (Lipinski definition) is 2. The third kappa shape index (κ3) is 8.67. The number of carbonyl (C=O) groups is 2. The lowest BCUT2D eigenvalue weighted by molar-refractivity contribution is -0.159. The van der Waals surface area contributed by atoms with Crippen molar-refractivity contribution in [2.45, 2.75) is 32.0 Å². The van der Waals surface area contributed by atoms with E-state index in [0.29, 0.717) is 12.6 Å². The number of methoxy groups -OCH3 is 1. The van der Waals surface area contributed by atoms with Crippen molar-refractivity contribution in [3.05, 3.63) is 89.7 Å². The molecule has 0 bridgehead atoms. The van der Waals surface area contributed by atoms with Crippen LogP contribution in [0.3, 0.4) is 0 Å². The number of rotatable bonds is 8. The van der Waals surface area contributed by atoms with Gasteiger partial charge in [0, 0.05) is 38.8 Å². The Balaban J connectivity index is 0.000000612. The summed E-state index contributed by atoms with van der Waals surface area (Å²) >= 11 is 0. The fourth-order valence-corrected chi connectivity index (χ4v) is 5.40. The van der Waals surface area contributed by atoms with E-state index in [2.05, 4.69) is 39.0 Å². The topological polar surface area (TPSA) is 103 Å². The Labute approximate surface area is 245 Å². The van der Waals surface area contributed by atoms with Crippen molar-refractivity contribution < 1.29 is 33.7 Å². The van der Waals surface area contributed by atoms with Gasteiger partial charge in [-0.1, -0.05) is 48.5 Å². The van der Waals surface area contributed by atoms with Crippen LogP contribution in [0.1, 0.15) is 24.0 Å². The second kappa shape index (κ2) is 15.2. The van der Waals surface area contributed by atoms with Crippen molar-refractivity contribution in [2.24, 2.45) is 0 Å². The molecule has 0 amide bonds. The number of piperidine rings is 1. The van der Waals surface area contributed by atoms with Crippen LogP contribution in [0.5, 0.6) is 11.5 Å². The maximum atomic E-state index is 14.2. The highest BCUT2D eigenvalue weighted by Crippen LogP contribution is 2.30. The van der Waals surface area contributed by atoms with Gasteiger partial charge in [-0.05, 0) is 61.3 Å². The SMILES string of the molecule is COc1ccc(CN2CCC(N3CCN(c4ccccc4F)CC3)CC2)cc1OCc1ccccc1.O=C(O)C(=O)O. The van der Waals surface area contributed by atoms with Gasteiger partial charge in [0.25, 0.3) is 0 Å². The van der Waals surface area contributed by atoms with E-state index in [9.17, 15) is 4.39 Å². The van der Waals surface area contributed by atoms with E-state index in [1.165, 1.54) is 18.4 Å². The molecule has 2 heterocycles. The molecule has 2 aliphatic heterocycles. The van der Waals surface area contributed by atoms with E-state index in [4.69, 9.17) is 29.3 Å². The Kier molecular flexibility index (Phi) is 11.1. The largest absolute Gasteiger partial charge is 0.493 e. The first-order valence-corrected chi connectivity index (χ1v) is 14.1. The number of aliphatic carboxylic acids is 2. The smallest absolute Gasteiger partial charge is 0.414 e. The predicted octanol–water partition coefficient (Wildman–Crippen LogP) is 4.36. The highest BCUT2D eigenvalue weighted by Gasteiger charge is 2.28. The number of nitrogens with zero attached hydrogens (tertiary/aromatic N) is 3. The molecule has 0 saturated carbocycles. The van der Waals surface area contributed by atoms with Gasteiger partial charge in [0.15, 0.2) is 11.5 Å². The summed E-state index contributed by atoms with van der Waals surface area (Å²) in [5.41, 5.74) is 3.12. The first kappa shape index (κ1) is 30.8. The lowest BCUT2D eigenvalue weighted by atomic mass is 10.0. The Morgan fingerprint density at radius 2 is 1.45 bits per heavy atom. The van der Waals surface area contributed by atoms with Gasteiger partial charge in [-0.15, -0.1) is 0 Å². The van der Waals surface area contributed by atoms with E-state index in [0.717, 1.165) is 68.6 Å². The minimum atomic E-state index is -1.82. The van der Waals surface area contributed by atoms with Crippen molar-refractivity contribution in [1.29, 1.82) is 0 Å². The number of likely N-dealkylation sites (tertiary alicyclic amines) is 1. The number of carboxylic acids is 2. The molecular formula is C32H38FN3O6. The Morgan fingerprint density at radius 1 is 0.810 bits per heavy atom. The molecule has 10 heteroatoms. The van der Waals surface area contributed by atoms with Crippen molar-refractivity contribution >= 4 is 17.6 Å². The molecule has 0 aromatic heterocycles. The molecule has 224 valence electrons. The standard InChI is InChI=1S/C30H36FN3O2.C2H2O4/c1-35-29-12-11-25(21-30(29)36-23-24-7-3-2-4-8-24)22-32-15-13-26(14-16-32)33-17-19-34(20-18-33)28-10-6-5-9-27(28)31;3-1(4)2(5)6/h2-12,21,26H,13-20,22-23H2,1H3;(H,3,4)(H,5,6). The number of ether oxygens (including phenoxy) is 2. The van der Waals surface area contributed by atoms with Crippen LogP contribution in [0.4, 0.5) is 10.1 Å². The number of hydrogen-bond acceptors (Lipinski definition) is 7. The van der Waals surface area contributed by atoms with Crippen LogP contribution < -0.4 is 14.4 Å². The first-order chi connectivity index (χ1) is 20.3. The fraction of sp³-hybridized carbons (Fsp3) is 0.375. The van der Waals surface area contributed by atoms with Gasteiger partial charge in [0.1, 0.15) is 12.4 Å². The maximum Gasteiger partial charge on any atom is 0.414 e. The maximum absolute atomic E-state index is 14.2. The summed E-state index contributed by atoms with van der Waals surface area (Å²) in [6.07, 6.45) is 2.35. The van der Waals surface area contributed by atoms with Gasteiger partial charge in [-0.25, -0.2) is 14.0 Å². The van der Waals surface area contributed by atoms with Crippen molar-refractivity contribution in [2.75, 3.05) is 51.3 Å². The molecule has 0 atom stereocenters. The van der Waals surface area contributed by atoms with Crippen LogP contribution in [0.25, 0.3) is 0 Å². The lowest BCUT2D eigenvalue weighted by Gasteiger charge is -2.43. The van der Waals surface area contributed by atoms with Crippen LogP contribution >= 0.6 is 0 Å². The molecule has 2 N–H and O–H groups in total. The number of piperazine rings is 1. The normalized spacial score (nSPS) is 16.3. The summed E-state index contributed by atoms with van der Waals surface area (Å²) in [6.45, 7) is 7.39. The molecular weight excluding hydrogens is 541 g/mol. The average Bonchev–Trinajstić information content (AvgIpc) is 3.02. The number of halogens is 1. The molecule has 3 aromatic rings. The van der Waals surface area contributed by atoms with Crippen molar-refractivity contribution in [1.82, 2.24) is 9.80 Å². The molecule has 0 unspecified atom stereocenters. The molecule has 5 rings (SSSR count). The summed E-state index contributed by atoms with van der Waals surface area (Å²) < 4.78 is 25.8. The Bertz CT molecular complexity index is 1300. The molecule has 3 aromatic carbocycles. The minimum absolute atomic E-state index is 0.119. The average molecular weight is 580 g/mol. The zero-order valence-electron chi connectivity index (χ0n) is 23.8. The molecule has 9 nitrogen and oxygen atoms in total. The van der Waals surface area contributed by atoms with Gasteiger partial charge >= 0.3 is 11.9 Å². The van der Waals surface area contributed by atoms with Crippen LogP contribution in [0.2, 0.25) is 0 Å². The van der Waals surface area contributed by atoms with E-state index >= 15 is 0 Å². The van der Waals surface area contributed by atoms with Gasteiger partial charge in [0.2, 0.25) is 0 Å². The van der Waals surface area contributed by atoms with Crippen LogP contribution in [0.15, 0.2) is 72.8 Å². The molecule has 42 heavy (non-hydrogen) atoms.